The number of hydrogen-bond donors (Lipinski definition) is 2. The zero-order valence-corrected chi connectivity index (χ0v) is 10.1. The van der Waals surface area contributed by atoms with Gasteiger partial charge in [0.05, 0.1) is 17.3 Å². The fraction of sp³-hybridized carbons (Fsp3) is 0.167. The summed E-state index contributed by atoms with van der Waals surface area (Å²) in [4.78, 5) is 15.8. The number of aliphatic hydroxyl groups excluding tert-OH is 1. The van der Waals surface area contributed by atoms with Crippen molar-refractivity contribution in [3.63, 3.8) is 0 Å². The lowest BCUT2D eigenvalue weighted by Gasteiger charge is -2.04. The van der Waals surface area contributed by atoms with Crippen molar-refractivity contribution in [3.8, 4) is 0 Å². The molecule has 0 aliphatic carbocycles. The standard InChI is InChI=1S/C12H12N2O2S/c1-8-3-5-17-12(8)14-11(16)9-2-4-13-10(6-9)7-15/h2-6,15H,7H2,1H3,(H,14,16). The Kier molecular flexibility index (Phi) is 3.51. The van der Waals surface area contributed by atoms with Crippen LogP contribution < -0.4 is 5.32 Å². The van der Waals surface area contributed by atoms with Crippen LogP contribution in [-0.4, -0.2) is 16.0 Å². The Labute approximate surface area is 103 Å². The largest absolute Gasteiger partial charge is 0.390 e. The molecule has 0 bridgehead atoms. The van der Waals surface area contributed by atoms with Gasteiger partial charge in [0.25, 0.3) is 5.91 Å². The van der Waals surface area contributed by atoms with Crippen LogP contribution in [0.15, 0.2) is 29.8 Å². The molecule has 0 aliphatic heterocycles. The van der Waals surface area contributed by atoms with Crippen LogP contribution in [0.2, 0.25) is 0 Å². The van der Waals surface area contributed by atoms with Crippen LogP contribution >= 0.6 is 11.3 Å². The summed E-state index contributed by atoms with van der Waals surface area (Å²) in [6.07, 6.45) is 1.52. The van der Waals surface area contributed by atoms with Crippen molar-refractivity contribution in [2.75, 3.05) is 5.32 Å². The normalized spacial score (nSPS) is 10.2. The van der Waals surface area contributed by atoms with Crippen LogP contribution in [0, 0.1) is 6.92 Å². The first-order valence-corrected chi connectivity index (χ1v) is 6.00. The molecule has 2 rings (SSSR count). The van der Waals surface area contributed by atoms with Crippen LogP contribution in [0.3, 0.4) is 0 Å². The number of aromatic nitrogens is 1. The number of aliphatic hydroxyl groups is 1. The minimum Gasteiger partial charge on any atom is -0.390 e. The number of amides is 1. The third-order valence-electron chi connectivity index (χ3n) is 2.33. The quantitative estimate of drug-likeness (QED) is 0.875. The topological polar surface area (TPSA) is 62.2 Å². The van der Waals surface area contributed by atoms with Crippen LogP contribution in [0.4, 0.5) is 5.00 Å². The van der Waals surface area contributed by atoms with Gasteiger partial charge >= 0.3 is 0 Å². The second-order valence-electron chi connectivity index (χ2n) is 3.58. The Bertz CT molecular complexity index is 537. The van der Waals surface area contributed by atoms with Gasteiger partial charge < -0.3 is 10.4 Å². The van der Waals surface area contributed by atoms with E-state index < -0.39 is 0 Å². The Balaban J connectivity index is 2.17. The predicted molar refractivity (Wildman–Crippen MR) is 67.2 cm³/mol. The number of carbonyl (C=O) groups excluding carboxylic acids is 1. The average molecular weight is 248 g/mol. The first kappa shape index (κ1) is 11.8. The number of nitrogens with zero attached hydrogens (tertiary/aromatic N) is 1. The van der Waals surface area contributed by atoms with E-state index in [-0.39, 0.29) is 12.5 Å². The molecule has 2 heterocycles. The lowest BCUT2D eigenvalue weighted by atomic mass is 10.2. The monoisotopic (exact) mass is 248 g/mol. The fourth-order valence-electron chi connectivity index (χ4n) is 1.38. The van der Waals surface area contributed by atoms with Crippen LogP contribution in [-0.2, 0) is 6.61 Å². The highest BCUT2D eigenvalue weighted by molar-refractivity contribution is 7.14. The van der Waals surface area contributed by atoms with Crippen molar-refractivity contribution >= 4 is 22.2 Å². The molecule has 0 saturated heterocycles. The number of pyridine rings is 1. The summed E-state index contributed by atoms with van der Waals surface area (Å²) in [5, 5.41) is 14.6. The van der Waals surface area contributed by atoms with Gasteiger partial charge in [0, 0.05) is 11.8 Å². The van der Waals surface area contributed by atoms with E-state index in [9.17, 15) is 4.79 Å². The lowest BCUT2D eigenvalue weighted by Crippen LogP contribution is -2.12. The predicted octanol–water partition coefficient (Wildman–Crippen LogP) is 2.20. The molecule has 0 spiro atoms. The highest BCUT2D eigenvalue weighted by Gasteiger charge is 2.09. The van der Waals surface area contributed by atoms with E-state index >= 15 is 0 Å². The van der Waals surface area contributed by atoms with Crippen molar-refractivity contribution in [2.24, 2.45) is 0 Å². The van der Waals surface area contributed by atoms with Gasteiger partial charge in [0.15, 0.2) is 0 Å². The van der Waals surface area contributed by atoms with Gasteiger partial charge in [-0.25, -0.2) is 0 Å². The van der Waals surface area contributed by atoms with Gasteiger partial charge in [-0.15, -0.1) is 11.3 Å². The molecule has 1 amide bonds. The second kappa shape index (κ2) is 5.07. The minimum absolute atomic E-state index is 0.168. The molecule has 0 radical (unpaired) electrons. The zero-order valence-electron chi connectivity index (χ0n) is 9.30. The number of rotatable bonds is 3. The molecular formula is C12H12N2O2S. The third-order valence-corrected chi connectivity index (χ3v) is 3.26. The van der Waals surface area contributed by atoms with Gasteiger partial charge in [-0.2, -0.15) is 0 Å². The zero-order chi connectivity index (χ0) is 12.3. The summed E-state index contributed by atoms with van der Waals surface area (Å²) in [5.74, 6) is -0.187. The first-order chi connectivity index (χ1) is 8.20. The second-order valence-corrected chi connectivity index (χ2v) is 4.50. The third kappa shape index (κ3) is 2.69. The number of aryl methyl sites for hydroxylation is 1. The van der Waals surface area contributed by atoms with E-state index in [4.69, 9.17) is 5.11 Å². The maximum absolute atomic E-state index is 11.9. The molecule has 4 nitrogen and oxygen atoms in total. The van der Waals surface area contributed by atoms with Crippen LogP contribution in [0.1, 0.15) is 21.6 Å². The molecule has 0 aromatic carbocycles. The van der Waals surface area contributed by atoms with Gasteiger partial charge in [-0.3, -0.25) is 9.78 Å². The van der Waals surface area contributed by atoms with E-state index in [0.29, 0.717) is 11.3 Å². The van der Waals surface area contributed by atoms with Gasteiger partial charge in [0.1, 0.15) is 0 Å². The molecular weight excluding hydrogens is 236 g/mol. The van der Waals surface area contributed by atoms with Gasteiger partial charge in [-0.1, -0.05) is 0 Å². The molecule has 2 aromatic rings. The van der Waals surface area contributed by atoms with Crippen LogP contribution in [0.5, 0.6) is 0 Å². The molecule has 2 aromatic heterocycles. The van der Waals surface area contributed by atoms with E-state index in [1.54, 1.807) is 12.1 Å². The van der Waals surface area contributed by atoms with Crippen molar-refractivity contribution in [2.45, 2.75) is 13.5 Å². The van der Waals surface area contributed by atoms with E-state index in [1.165, 1.54) is 17.5 Å². The smallest absolute Gasteiger partial charge is 0.256 e. The average Bonchev–Trinajstić information content (AvgIpc) is 2.75. The molecule has 88 valence electrons. The highest BCUT2D eigenvalue weighted by atomic mass is 32.1. The molecule has 0 aliphatic rings. The summed E-state index contributed by atoms with van der Waals surface area (Å²) in [5.41, 5.74) is 2.03. The molecule has 5 heteroatoms. The maximum atomic E-state index is 11.9. The maximum Gasteiger partial charge on any atom is 0.256 e. The number of nitrogens with one attached hydrogen (secondary N) is 1. The Morgan fingerprint density at radius 1 is 1.53 bits per heavy atom. The van der Waals surface area contributed by atoms with Crippen LogP contribution in [0.25, 0.3) is 0 Å². The van der Waals surface area contributed by atoms with Crippen molar-refractivity contribution < 1.29 is 9.90 Å². The van der Waals surface area contributed by atoms with Crippen molar-refractivity contribution in [1.82, 2.24) is 4.98 Å². The van der Waals surface area contributed by atoms with E-state index in [0.717, 1.165) is 10.6 Å². The fourth-order valence-corrected chi connectivity index (χ4v) is 2.20. The molecule has 17 heavy (non-hydrogen) atoms. The van der Waals surface area contributed by atoms with E-state index in [1.807, 2.05) is 18.4 Å². The van der Waals surface area contributed by atoms with Gasteiger partial charge in [0.2, 0.25) is 0 Å². The van der Waals surface area contributed by atoms with E-state index in [2.05, 4.69) is 10.3 Å². The molecule has 0 saturated carbocycles. The van der Waals surface area contributed by atoms with Crippen molar-refractivity contribution in [1.29, 1.82) is 0 Å². The van der Waals surface area contributed by atoms with Gasteiger partial charge in [-0.05, 0) is 36.1 Å². The Hall–Kier alpha value is -1.72. The SMILES string of the molecule is Cc1ccsc1NC(=O)c1ccnc(CO)c1. The Morgan fingerprint density at radius 2 is 2.35 bits per heavy atom. The summed E-state index contributed by atoms with van der Waals surface area (Å²) in [7, 11) is 0. The number of anilines is 1. The first-order valence-electron chi connectivity index (χ1n) is 5.12. The lowest BCUT2D eigenvalue weighted by molar-refractivity contribution is 0.102. The summed E-state index contributed by atoms with van der Waals surface area (Å²) in [6.45, 7) is 1.77. The number of carbonyl (C=O) groups is 1. The summed E-state index contributed by atoms with van der Waals surface area (Å²) < 4.78 is 0. The highest BCUT2D eigenvalue weighted by Crippen LogP contribution is 2.22. The summed E-state index contributed by atoms with van der Waals surface area (Å²) >= 11 is 1.49. The minimum atomic E-state index is -0.187. The molecule has 0 atom stereocenters. The molecule has 2 N–H and O–H groups in total. The Morgan fingerprint density at radius 3 is 3.00 bits per heavy atom. The number of thiophene rings is 1. The molecule has 0 fully saturated rings. The van der Waals surface area contributed by atoms with Crippen molar-refractivity contribution in [3.05, 3.63) is 46.6 Å². The number of hydrogen-bond acceptors (Lipinski definition) is 4. The summed E-state index contributed by atoms with van der Waals surface area (Å²) in [6, 6.07) is 5.15. The molecule has 0 unspecified atom stereocenters.